The van der Waals surface area contributed by atoms with Gasteiger partial charge in [0.25, 0.3) is 0 Å². The predicted octanol–water partition coefficient (Wildman–Crippen LogP) is 1.46. The molecule has 90 valence electrons. The first kappa shape index (κ1) is 10.7. The molecule has 3 rings (SSSR count). The maximum absolute atomic E-state index is 13.1. The van der Waals surface area contributed by atoms with Crippen LogP contribution in [0.5, 0.6) is 0 Å². The molecule has 2 aliphatic rings. The quantitative estimate of drug-likeness (QED) is 0.772. The van der Waals surface area contributed by atoms with E-state index in [2.05, 4.69) is 10.3 Å². The molecule has 17 heavy (non-hydrogen) atoms. The van der Waals surface area contributed by atoms with Gasteiger partial charge in [0.2, 0.25) is 0 Å². The Hall–Kier alpha value is -1.42. The minimum absolute atomic E-state index is 0.206. The molecule has 1 fully saturated rings. The van der Waals surface area contributed by atoms with Gasteiger partial charge < -0.3 is 10.4 Å². The monoisotopic (exact) mass is 234 g/mol. The van der Waals surface area contributed by atoms with Gasteiger partial charge in [-0.05, 0) is 31.4 Å². The van der Waals surface area contributed by atoms with Crippen molar-refractivity contribution >= 4 is 5.84 Å². The summed E-state index contributed by atoms with van der Waals surface area (Å²) >= 11 is 0. The molecule has 0 radical (unpaired) electrons. The Morgan fingerprint density at radius 1 is 1.35 bits per heavy atom. The number of amidine groups is 1. The van der Waals surface area contributed by atoms with Crippen molar-refractivity contribution in [3.8, 4) is 0 Å². The van der Waals surface area contributed by atoms with Gasteiger partial charge >= 0.3 is 0 Å². The summed E-state index contributed by atoms with van der Waals surface area (Å²) in [6.07, 6.45) is 2.21. The highest BCUT2D eigenvalue weighted by Gasteiger charge is 2.34. The minimum atomic E-state index is -0.248. The zero-order chi connectivity index (χ0) is 11.8. The highest BCUT2D eigenvalue weighted by molar-refractivity contribution is 6.00. The Balaban J connectivity index is 1.82. The summed E-state index contributed by atoms with van der Waals surface area (Å²) in [5, 5.41) is 12.9. The normalized spacial score (nSPS) is 31.6. The van der Waals surface area contributed by atoms with Crippen LogP contribution in [0.15, 0.2) is 29.3 Å². The Morgan fingerprint density at radius 3 is 3.06 bits per heavy atom. The third-order valence-corrected chi connectivity index (χ3v) is 3.50. The van der Waals surface area contributed by atoms with Crippen LogP contribution in [-0.2, 0) is 0 Å². The fraction of sp³-hybridized carbons (Fsp3) is 0.462. The molecular weight excluding hydrogens is 219 g/mol. The average Bonchev–Trinajstić information content (AvgIpc) is 2.72. The van der Waals surface area contributed by atoms with Gasteiger partial charge in [-0.3, -0.25) is 4.99 Å². The standard InChI is InChI=1S/C13H15FN2O/c14-9-3-1-2-8(6-9)13-15-11-5-4-10(17)7-12(11)16-13/h1-3,6,10-12,17H,4-5,7H2,(H,15,16). The summed E-state index contributed by atoms with van der Waals surface area (Å²) < 4.78 is 13.1. The average molecular weight is 234 g/mol. The van der Waals surface area contributed by atoms with Crippen LogP contribution >= 0.6 is 0 Å². The van der Waals surface area contributed by atoms with Gasteiger partial charge in [-0.15, -0.1) is 0 Å². The van der Waals surface area contributed by atoms with Crippen LogP contribution in [-0.4, -0.2) is 29.1 Å². The molecule has 0 spiro atoms. The Morgan fingerprint density at radius 2 is 2.24 bits per heavy atom. The molecule has 1 aromatic rings. The number of hydrogen-bond donors (Lipinski definition) is 2. The number of nitrogens with one attached hydrogen (secondary N) is 1. The lowest BCUT2D eigenvalue weighted by Crippen LogP contribution is -2.41. The lowest BCUT2D eigenvalue weighted by molar-refractivity contribution is 0.112. The van der Waals surface area contributed by atoms with Gasteiger partial charge in [0.05, 0.1) is 18.2 Å². The van der Waals surface area contributed by atoms with E-state index in [9.17, 15) is 9.50 Å². The van der Waals surface area contributed by atoms with E-state index < -0.39 is 0 Å². The van der Waals surface area contributed by atoms with E-state index in [-0.39, 0.29) is 24.0 Å². The maximum atomic E-state index is 13.1. The molecule has 2 N–H and O–H groups in total. The molecule has 0 amide bonds. The summed E-state index contributed by atoms with van der Waals surface area (Å²) in [7, 11) is 0. The van der Waals surface area contributed by atoms with Gasteiger partial charge in [0, 0.05) is 5.56 Å². The number of aliphatic hydroxyl groups is 1. The van der Waals surface area contributed by atoms with E-state index in [0.717, 1.165) is 30.7 Å². The lowest BCUT2D eigenvalue weighted by Gasteiger charge is -2.27. The summed E-state index contributed by atoms with van der Waals surface area (Å²) in [5.41, 5.74) is 0.786. The van der Waals surface area contributed by atoms with Crippen molar-refractivity contribution in [2.75, 3.05) is 0 Å². The van der Waals surface area contributed by atoms with Gasteiger partial charge in [-0.2, -0.15) is 0 Å². The van der Waals surface area contributed by atoms with E-state index >= 15 is 0 Å². The third kappa shape index (κ3) is 2.05. The molecule has 1 aliphatic heterocycles. The van der Waals surface area contributed by atoms with Crippen LogP contribution < -0.4 is 5.32 Å². The topological polar surface area (TPSA) is 44.6 Å². The van der Waals surface area contributed by atoms with E-state index in [1.54, 1.807) is 6.07 Å². The fourth-order valence-electron chi connectivity index (χ4n) is 2.61. The van der Waals surface area contributed by atoms with Crippen LogP contribution in [0.1, 0.15) is 24.8 Å². The summed E-state index contributed by atoms with van der Waals surface area (Å²) in [6, 6.07) is 6.89. The molecule has 3 nitrogen and oxygen atoms in total. The molecule has 3 atom stereocenters. The number of nitrogens with zero attached hydrogens (tertiary/aromatic N) is 1. The number of halogens is 1. The van der Waals surface area contributed by atoms with Crippen molar-refractivity contribution in [3.05, 3.63) is 35.6 Å². The van der Waals surface area contributed by atoms with Crippen molar-refractivity contribution in [2.24, 2.45) is 4.99 Å². The van der Waals surface area contributed by atoms with Crippen LogP contribution in [0.2, 0.25) is 0 Å². The number of benzene rings is 1. The SMILES string of the molecule is OC1CCC2N=C(c3cccc(F)c3)NC2C1. The Labute approximate surface area is 99.4 Å². The zero-order valence-electron chi connectivity index (χ0n) is 9.44. The molecule has 1 saturated carbocycles. The highest BCUT2D eigenvalue weighted by atomic mass is 19.1. The lowest BCUT2D eigenvalue weighted by atomic mass is 9.90. The van der Waals surface area contributed by atoms with Crippen LogP contribution in [0.4, 0.5) is 4.39 Å². The number of hydrogen-bond acceptors (Lipinski definition) is 3. The molecule has 3 unspecified atom stereocenters. The third-order valence-electron chi connectivity index (χ3n) is 3.50. The smallest absolute Gasteiger partial charge is 0.129 e. The second kappa shape index (κ2) is 4.11. The number of aliphatic hydroxyl groups excluding tert-OH is 1. The van der Waals surface area contributed by atoms with E-state index in [1.807, 2.05) is 6.07 Å². The van der Waals surface area contributed by atoms with E-state index in [4.69, 9.17) is 0 Å². The number of fused-ring (bicyclic) bond motifs is 1. The second-order valence-electron chi connectivity index (χ2n) is 4.77. The zero-order valence-corrected chi connectivity index (χ0v) is 9.44. The van der Waals surface area contributed by atoms with Gasteiger partial charge in [-0.1, -0.05) is 12.1 Å². The molecule has 1 aromatic carbocycles. The van der Waals surface area contributed by atoms with Crippen LogP contribution in [0.3, 0.4) is 0 Å². The van der Waals surface area contributed by atoms with Crippen LogP contribution in [0, 0.1) is 5.82 Å². The van der Waals surface area contributed by atoms with Gasteiger partial charge in [-0.25, -0.2) is 4.39 Å². The number of aliphatic imine (C=N–C) groups is 1. The maximum Gasteiger partial charge on any atom is 0.129 e. The Bertz CT molecular complexity index is 460. The van der Waals surface area contributed by atoms with Crippen molar-refractivity contribution in [1.29, 1.82) is 0 Å². The second-order valence-corrected chi connectivity index (χ2v) is 4.77. The largest absolute Gasteiger partial charge is 0.393 e. The van der Waals surface area contributed by atoms with E-state index in [0.29, 0.717) is 0 Å². The summed E-state index contributed by atoms with van der Waals surface area (Å²) in [5.74, 6) is 0.510. The minimum Gasteiger partial charge on any atom is -0.393 e. The van der Waals surface area contributed by atoms with Crippen molar-refractivity contribution in [1.82, 2.24) is 5.32 Å². The van der Waals surface area contributed by atoms with Crippen molar-refractivity contribution in [3.63, 3.8) is 0 Å². The van der Waals surface area contributed by atoms with Crippen molar-refractivity contribution < 1.29 is 9.50 Å². The molecule has 1 heterocycles. The van der Waals surface area contributed by atoms with Gasteiger partial charge in [0.1, 0.15) is 11.7 Å². The molecule has 0 saturated heterocycles. The first-order valence-corrected chi connectivity index (χ1v) is 6.01. The number of rotatable bonds is 1. The first-order valence-electron chi connectivity index (χ1n) is 6.01. The van der Waals surface area contributed by atoms with Crippen molar-refractivity contribution in [2.45, 2.75) is 37.5 Å². The van der Waals surface area contributed by atoms with E-state index in [1.165, 1.54) is 12.1 Å². The molecule has 0 aromatic heterocycles. The molecule has 0 bridgehead atoms. The molecular formula is C13H15FN2O. The predicted molar refractivity (Wildman–Crippen MR) is 63.5 cm³/mol. The van der Waals surface area contributed by atoms with Crippen LogP contribution in [0.25, 0.3) is 0 Å². The first-order chi connectivity index (χ1) is 8.22. The summed E-state index contributed by atoms with van der Waals surface area (Å²) in [4.78, 5) is 4.58. The Kier molecular flexibility index (Phi) is 2.59. The molecule has 1 aliphatic carbocycles. The molecule has 4 heteroatoms. The highest BCUT2D eigenvalue weighted by Crippen LogP contribution is 2.26. The van der Waals surface area contributed by atoms with Gasteiger partial charge in [0.15, 0.2) is 0 Å². The summed E-state index contributed by atoms with van der Waals surface area (Å²) in [6.45, 7) is 0. The fourth-order valence-corrected chi connectivity index (χ4v) is 2.61.